The van der Waals surface area contributed by atoms with Crippen molar-refractivity contribution in [2.24, 2.45) is 0 Å². The molecule has 0 atom stereocenters. The molecule has 3 aromatic rings. The molecule has 4 rings (SSSR count). The average molecular weight is 390 g/mol. The number of rotatable bonds is 5. The molecule has 0 radical (unpaired) electrons. The van der Waals surface area contributed by atoms with Crippen molar-refractivity contribution in [3.05, 3.63) is 74.6 Å². The van der Waals surface area contributed by atoms with Gasteiger partial charge < -0.3 is 9.73 Å². The van der Waals surface area contributed by atoms with Gasteiger partial charge in [-0.1, -0.05) is 12.1 Å². The number of anilines is 1. The first-order chi connectivity index (χ1) is 13.9. The summed E-state index contributed by atoms with van der Waals surface area (Å²) in [6, 6.07) is 11.6. The Bertz CT molecular complexity index is 1150. The van der Waals surface area contributed by atoms with Gasteiger partial charge in [-0.3, -0.25) is 9.69 Å². The molecule has 5 nitrogen and oxygen atoms in total. The van der Waals surface area contributed by atoms with Crippen molar-refractivity contribution in [2.45, 2.75) is 39.7 Å². The minimum atomic E-state index is -0.348. The molecule has 0 saturated carbocycles. The van der Waals surface area contributed by atoms with Gasteiger partial charge in [-0.25, -0.2) is 4.79 Å². The summed E-state index contributed by atoms with van der Waals surface area (Å²) in [6.45, 7) is 4.77. The molecule has 0 unspecified atom stereocenters. The SMILES string of the molecule is Cc1cccc(NC(=O)CN(C)Cc2cc(=O)oc3cc4c(cc23)CCC4)c1C. The van der Waals surface area contributed by atoms with Gasteiger partial charge >= 0.3 is 5.63 Å². The Balaban J connectivity index is 1.51. The van der Waals surface area contributed by atoms with Crippen LogP contribution in [0.1, 0.15) is 34.2 Å². The number of nitrogens with one attached hydrogen (secondary N) is 1. The van der Waals surface area contributed by atoms with E-state index in [9.17, 15) is 9.59 Å². The summed E-state index contributed by atoms with van der Waals surface area (Å²) in [5.74, 6) is -0.0747. The van der Waals surface area contributed by atoms with E-state index in [-0.39, 0.29) is 18.1 Å². The van der Waals surface area contributed by atoms with E-state index in [1.165, 1.54) is 11.1 Å². The predicted octanol–water partition coefficient (Wildman–Crippen LogP) is 3.97. The number of benzene rings is 2. The van der Waals surface area contributed by atoms with Gasteiger partial charge in [-0.2, -0.15) is 0 Å². The van der Waals surface area contributed by atoms with Crippen LogP contribution in [-0.4, -0.2) is 24.4 Å². The predicted molar refractivity (Wildman–Crippen MR) is 115 cm³/mol. The average Bonchev–Trinajstić information content (AvgIpc) is 3.11. The second-order valence-electron chi connectivity index (χ2n) is 8.03. The fourth-order valence-electron chi connectivity index (χ4n) is 4.09. The van der Waals surface area contributed by atoms with Gasteiger partial charge in [0.2, 0.25) is 5.91 Å². The number of hydrogen-bond donors (Lipinski definition) is 1. The molecule has 1 heterocycles. The Morgan fingerprint density at radius 2 is 1.90 bits per heavy atom. The summed E-state index contributed by atoms with van der Waals surface area (Å²) in [5.41, 5.74) is 6.86. The molecule has 5 heteroatoms. The van der Waals surface area contributed by atoms with Crippen LogP contribution in [-0.2, 0) is 24.2 Å². The molecule has 1 aromatic heterocycles. The maximum Gasteiger partial charge on any atom is 0.336 e. The monoisotopic (exact) mass is 390 g/mol. The normalized spacial score (nSPS) is 13.1. The molecule has 0 spiro atoms. The Morgan fingerprint density at radius 3 is 2.69 bits per heavy atom. The molecule has 0 aliphatic heterocycles. The Morgan fingerprint density at radius 1 is 1.14 bits per heavy atom. The molecule has 1 aliphatic rings. The van der Waals surface area contributed by atoms with Crippen molar-refractivity contribution in [1.29, 1.82) is 0 Å². The number of likely N-dealkylation sites (N-methyl/N-ethyl adjacent to an activating group) is 1. The maximum atomic E-state index is 12.5. The number of carbonyl (C=O) groups is 1. The van der Waals surface area contributed by atoms with Crippen molar-refractivity contribution in [1.82, 2.24) is 4.90 Å². The highest BCUT2D eigenvalue weighted by Crippen LogP contribution is 2.29. The van der Waals surface area contributed by atoms with Crippen molar-refractivity contribution >= 4 is 22.6 Å². The number of nitrogens with zero attached hydrogens (tertiary/aromatic N) is 1. The van der Waals surface area contributed by atoms with Crippen LogP contribution in [0.25, 0.3) is 11.0 Å². The summed E-state index contributed by atoms with van der Waals surface area (Å²) in [6.07, 6.45) is 3.25. The quantitative estimate of drug-likeness (QED) is 0.670. The summed E-state index contributed by atoms with van der Waals surface area (Å²) in [7, 11) is 1.89. The van der Waals surface area contributed by atoms with E-state index in [2.05, 4.69) is 11.4 Å². The minimum absolute atomic E-state index is 0.0747. The van der Waals surface area contributed by atoms with E-state index < -0.39 is 0 Å². The van der Waals surface area contributed by atoms with E-state index in [1.807, 2.05) is 50.1 Å². The second kappa shape index (κ2) is 7.84. The first-order valence-electron chi connectivity index (χ1n) is 10.0. The van der Waals surface area contributed by atoms with E-state index >= 15 is 0 Å². The molecule has 0 bridgehead atoms. The van der Waals surface area contributed by atoms with Gasteiger partial charge in [0.25, 0.3) is 0 Å². The fraction of sp³-hybridized carbons (Fsp3) is 0.333. The molecule has 2 aromatic carbocycles. The van der Waals surface area contributed by atoms with E-state index in [0.29, 0.717) is 12.1 Å². The molecule has 0 fully saturated rings. The van der Waals surface area contributed by atoms with Gasteiger partial charge in [-0.05, 0) is 86.2 Å². The van der Waals surface area contributed by atoms with Crippen LogP contribution in [0.2, 0.25) is 0 Å². The smallest absolute Gasteiger partial charge is 0.336 e. The van der Waals surface area contributed by atoms with Crippen molar-refractivity contribution in [2.75, 3.05) is 18.9 Å². The van der Waals surface area contributed by atoms with E-state index in [0.717, 1.165) is 47.0 Å². The number of amides is 1. The first-order valence-corrected chi connectivity index (χ1v) is 10.0. The third-order valence-electron chi connectivity index (χ3n) is 5.78. The van der Waals surface area contributed by atoms with Crippen molar-refractivity contribution in [3.63, 3.8) is 0 Å². The molecular weight excluding hydrogens is 364 g/mol. The zero-order chi connectivity index (χ0) is 20.5. The number of aryl methyl sites for hydroxylation is 3. The topological polar surface area (TPSA) is 62.6 Å². The fourth-order valence-corrected chi connectivity index (χ4v) is 4.09. The summed E-state index contributed by atoms with van der Waals surface area (Å²) in [5, 5.41) is 3.95. The zero-order valence-electron chi connectivity index (χ0n) is 17.2. The third-order valence-corrected chi connectivity index (χ3v) is 5.78. The van der Waals surface area contributed by atoms with Gasteiger partial charge in [-0.15, -0.1) is 0 Å². The van der Waals surface area contributed by atoms with Gasteiger partial charge in [0.15, 0.2) is 0 Å². The standard InChI is InChI=1S/C24H26N2O3/c1-15-6-4-9-21(16(15)2)25-23(27)14-26(3)13-19-12-24(28)29-22-11-18-8-5-7-17(18)10-20(19)22/h4,6,9-12H,5,7-8,13-14H2,1-3H3,(H,25,27). The summed E-state index contributed by atoms with van der Waals surface area (Å²) >= 11 is 0. The molecule has 0 saturated heterocycles. The van der Waals surface area contributed by atoms with Crippen molar-refractivity contribution in [3.8, 4) is 0 Å². The lowest BCUT2D eigenvalue weighted by Gasteiger charge is -2.18. The van der Waals surface area contributed by atoms with Crippen LogP contribution in [0.4, 0.5) is 5.69 Å². The van der Waals surface area contributed by atoms with E-state index in [1.54, 1.807) is 6.07 Å². The summed E-state index contributed by atoms with van der Waals surface area (Å²) in [4.78, 5) is 26.5. The van der Waals surface area contributed by atoms with Crippen LogP contribution >= 0.6 is 0 Å². The van der Waals surface area contributed by atoms with Crippen LogP contribution in [0.15, 0.2) is 45.6 Å². The van der Waals surface area contributed by atoms with Crippen LogP contribution in [0.5, 0.6) is 0 Å². The maximum absolute atomic E-state index is 12.5. The highest BCUT2D eigenvalue weighted by atomic mass is 16.4. The Labute approximate surface area is 170 Å². The van der Waals surface area contributed by atoms with Crippen molar-refractivity contribution < 1.29 is 9.21 Å². The van der Waals surface area contributed by atoms with Crippen LogP contribution < -0.4 is 10.9 Å². The van der Waals surface area contributed by atoms with Gasteiger partial charge in [0.1, 0.15) is 5.58 Å². The van der Waals surface area contributed by atoms with Gasteiger partial charge in [0, 0.05) is 23.7 Å². The highest BCUT2D eigenvalue weighted by molar-refractivity contribution is 5.93. The third kappa shape index (κ3) is 4.10. The summed E-state index contributed by atoms with van der Waals surface area (Å²) < 4.78 is 5.44. The molecular formula is C24H26N2O3. The van der Waals surface area contributed by atoms with Crippen LogP contribution in [0, 0.1) is 13.8 Å². The lowest BCUT2D eigenvalue weighted by molar-refractivity contribution is -0.117. The lowest BCUT2D eigenvalue weighted by atomic mass is 10.0. The molecule has 1 N–H and O–H groups in total. The Hall–Kier alpha value is -2.92. The first kappa shape index (κ1) is 19.4. The van der Waals surface area contributed by atoms with Gasteiger partial charge in [0.05, 0.1) is 6.54 Å². The lowest BCUT2D eigenvalue weighted by Crippen LogP contribution is -2.30. The molecule has 1 aliphatic carbocycles. The highest BCUT2D eigenvalue weighted by Gasteiger charge is 2.17. The largest absolute Gasteiger partial charge is 0.423 e. The second-order valence-corrected chi connectivity index (χ2v) is 8.03. The number of fused-ring (bicyclic) bond motifs is 2. The number of hydrogen-bond acceptors (Lipinski definition) is 4. The van der Waals surface area contributed by atoms with E-state index in [4.69, 9.17) is 4.42 Å². The van der Waals surface area contributed by atoms with Crippen LogP contribution in [0.3, 0.4) is 0 Å². The molecule has 29 heavy (non-hydrogen) atoms. The minimum Gasteiger partial charge on any atom is -0.423 e. The Kier molecular flexibility index (Phi) is 5.24. The molecule has 1 amide bonds. The molecule has 150 valence electrons. The zero-order valence-corrected chi connectivity index (χ0v) is 17.2. The number of carbonyl (C=O) groups excluding carboxylic acids is 1.